The first-order chi connectivity index (χ1) is 5.35. The molecular weight excluding hydrogens is 417 g/mol. The Balaban J connectivity index is 0.000000292. The minimum atomic E-state index is 0.0650. The van der Waals surface area contributed by atoms with Crippen LogP contribution < -0.4 is 0 Å². The summed E-state index contributed by atoms with van der Waals surface area (Å²) < 4.78 is 0. The van der Waals surface area contributed by atoms with Crippen LogP contribution in [-0.4, -0.2) is 0 Å². The van der Waals surface area contributed by atoms with E-state index < -0.39 is 0 Å². The fourth-order valence-corrected chi connectivity index (χ4v) is 0.461. The summed E-state index contributed by atoms with van der Waals surface area (Å²) in [5.74, 6) is 0. The first-order valence-electron chi connectivity index (χ1n) is 2.83. The molecule has 0 aliphatic heterocycles. The third-order valence-electron chi connectivity index (χ3n) is 0.847. The van der Waals surface area contributed by atoms with Gasteiger partial charge in [-0.1, -0.05) is 12.1 Å². The summed E-state index contributed by atoms with van der Waals surface area (Å²) in [4.78, 5) is 0. The molecule has 0 aliphatic carbocycles. The van der Waals surface area contributed by atoms with Gasteiger partial charge in [-0.2, -0.15) is 5.26 Å². The second-order valence-corrected chi connectivity index (χ2v) is 25.0. The van der Waals surface area contributed by atoms with Gasteiger partial charge in [-0.15, -0.1) is 0 Å². The zero-order valence-corrected chi connectivity index (χ0v) is 13.0. The second-order valence-electron chi connectivity index (χ2n) is 1.50. The van der Waals surface area contributed by atoms with Crippen LogP contribution in [0.2, 0.25) is 0 Å². The molecule has 4 heteroatoms. The van der Waals surface area contributed by atoms with Gasteiger partial charge in [0.1, 0.15) is 0 Å². The van der Waals surface area contributed by atoms with E-state index in [4.69, 9.17) is 5.26 Å². The minimum absolute atomic E-state index is 0.0650. The Morgan fingerprint density at radius 1 is 1.36 bits per heavy atom. The zero-order chi connectivity index (χ0) is 8.53. The molecule has 0 N–H and O–H groups in total. The fraction of sp³-hybridized carbons (Fsp3) is 0. The van der Waals surface area contributed by atoms with Gasteiger partial charge in [0.2, 0.25) is 0 Å². The molecule has 0 aliphatic rings. The van der Waals surface area contributed by atoms with E-state index in [1.807, 2.05) is 6.07 Å². The molecule has 0 spiro atoms. The van der Waals surface area contributed by atoms with Crippen LogP contribution in [0.5, 0.6) is 0 Å². The third-order valence-corrected chi connectivity index (χ3v) is 0.847. The summed E-state index contributed by atoms with van der Waals surface area (Å²) in [5, 5.41) is 8.27. The van der Waals surface area contributed by atoms with Crippen molar-refractivity contribution in [3.63, 3.8) is 0 Å². The van der Waals surface area contributed by atoms with Gasteiger partial charge in [0.05, 0.1) is 11.6 Å². The summed E-state index contributed by atoms with van der Waals surface area (Å²) in [5.41, 5.74) is 0.684. The molecule has 1 aromatic carbocycles. The maximum atomic E-state index is 8.27. The summed E-state index contributed by atoms with van der Waals surface area (Å²) in [7, 11) is 0.0650. The molecule has 0 aromatic heterocycles. The van der Waals surface area contributed by atoms with Crippen LogP contribution in [0.3, 0.4) is 0 Å². The van der Waals surface area contributed by atoms with E-state index in [1.165, 1.54) is 0 Å². The molecule has 0 atom stereocenters. The molecule has 0 heterocycles. The van der Waals surface area contributed by atoms with Crippen LogP contribution in [0.4, 0.5) is 0 Å². The number of hydrogen-bond acceptors (Lipinski definition) is 1. The molecule has 0 fully saturated rings. The van der Waals surface area contributed by atoms with Gasteiger partial charge in [0.25, 0.3) is 0 Å². The molecule has 1 rings (SSSR count). The van der Waals surface area contributed by atoms with Crippen molar-refractivity contribution >= 4 is 39.5 Å². The Hall–Kier alpha value is 0.793. The number of rotatable bonds is 0. The predicted molar refractivity (Wildman–Crippen MR) is 58.0 cm³/mol. The van der Waals surface area contributed by atoms with E-state index in [9.17, 15) is 0 Å². The maximum absolute atomic E-state index is 8.27. The van der Waals surface area contributed by atoms with Crippen molar-refractivity contribution < 1.29 is 10.1 Å². The molecule has 1 nitrogen and oxygen atoms in total. The van der Waals surface area contributed by atoms with Crippen LogP contribution in [0.25, 0.3) is 0 Å². The van der Waals surface area contributed by atoms with Gasteiger partial charge in [-0.25, -0.2) is 0 Å². The summed E-state index contributed by atoms with van der Waals surface area (Å²) in [6.45, 7) is 0. The molecule has 0 unspecified atom stereocenters. The molecule has 0 bridgehead atoms. The van der Waals surface area contributed by atoms with Crippen molar-refractivity contribution in [3.05, 3.63) is 35.9 Å². The number of halogens is 2. The third kappa shape index (κ3) is 7.16. The molecule has 1 radical (unpaired) electrons. The number of hydrogen-bond donors (Lipinski definition) is 0. The predicted octanol–water partition coefficient (Wildman–Crippen LogP) is 3.13. The molecule has 11 heavy (non-hydrogen) atoms. The Bertz CT molecular complexity index is 220. The van der Waals surface area contributed by atoms with E-state index >= 15 is 0 Å². The van der Waals surface area contributed by atoms with Gasteiger partial charge in [-0.05, 0) is 18.2 Å². The fourth-order valence-electron chi connectivity index (χ4n) is 0.461. The topological polar surface area (TPSA) is 23.8 Å². The first-order valence-corrected chi connectivity index (χ1v) is 20.9. The van der Waals surface area contributed by atoms with E-state index in [1.54, 1.807) is 24.3 Å². The van der Waals surface area contributed by atoms with Gasteiger partial charge in [0, 0.05) is 0 Å². The van der Waals surface area contributed by atoms with E-state index in [2.05, 4.69) is 45.6 Å². The van der Waals surface area contributed by atoms with Crippen molar-refractivity contribution in [2.75, 3.05) is 0 Å². The molecular formula is C7H4I2NZn. The van der Waals surface area contributed by atoms with Crippen molar-refractivity contribution in [3.8, 4) is 6.07 Å². The summed E-state index contributed by atoms with van der Waals surface area (Å²) in [6, 6.07) is 11.7. The van der Waals surface area contributed by atoms with Crippen LogP contribution in [0.1, 0.15) is 5.56 Å². The quantitative estimate of drug-likeness (QED) is 0.467. The number of nitrogens with zero attached hydrogens (tertiary/aromatic N) is 1. The normalized spacial score (nSPS) is 6.64. The Labute approximate surface area is 95.5 Å². The SMILES string of the molecule is N#Cc1cc[c]cc1.[I][Zn][I]. The van der Waals surface area contributed by atoms with Crippen molar-refractivity contribution in [1.82, 2.24) is 0 Å². The number of nitriles is 1. The van der Waals surface area contributed by atoms with Crippen LogP contribution in [0.15, 0.2) is 24.3 Å². The molecule has 0 amide bonds. The molecule has 53 valence electrons. The van der Waals surface area contributed by atoms with Crippen LogP contribution in [0, 0.1) is 17.4 Å². The van der Waals surface area contributed by atoms with Gasteiger partial charge in [-0.3, -0.25) is 0 Å². The first kappa shape index (κ1) is 11.8. The average Bonchev–Trinajstić information content (AvgIpc) is 2.08. The van der Waals surface area contributed by atoms with Crippen molar-refractivity contribution in [2.45, 2.75) is 0 Å². The summed E-state index contributed by atoms with van der Waals surface area (Å²) >= 11 is 4.93. The monoisotopic (exact) mass is 420 g/mol. The molecule has 0 saturated carbocycles. The Kier molecular flexibility index (Phi) is 9.53. The zero-order valence-electron chi connectivity index (χ0n) is 5.72. The van der Waals surface area contributed by atoms with Gasteiger partial charge < -0.3 is 0 Å². The second kappa shape index (κ2) is 8.89. The van der Waals surface area contributed by atoms with E-state index in [0.717, 1.165) is 0 Å². The van der Waals surface area contributed by atoms with E-state index in [-0.39, 0.29) is 10.1 Å². The van der Waals surface area contributed by atoms with Crippen molar-refractivity contribution in [2.24, 2.45) is 0 Å². The summed E-state index contributed by atoms with van der Waals surface area (Å²) in [6.07, 6.45) is 0. The van der Waals surface area contributed by atoms with Gasteiger partial charge in [0.15, 0.2) is 0 Å². The van der Waals surface area contributed by atoms with Gasteiger partial charge >= 0.3 is 49.6 Å². The molecule has 0 saturated heterocycles. The average molecular weight is 421 g/mol. The van der Waals surface area contributed by atoms with Crippen LogP contribution in [-0.2, 0) is 10.1 Å². The standard InChI is InChI=1S/C7H4N.2HI.Zn/c8-6-7-4-2-1-3-5-7;;;/h2-5H;2*1H;/q;;;+2/p-2. The molecule has 1 aromatic rings. The van der Waals surface area contributed by atoms with E-state index in [0.29, 0.717) is 5.56 Å². The van der Waals surface area contributed by atoms with Crippen LogP contribution >= 0.6 is 39.5 Å². The Morgan fingerprint density at radius 3 is 2.09 bits per heavy atom. The number of benzene rings is 1. The Morgan fingerprint density at radius 2 is 1.82 bits per heavy atom. The van der Waals surface area contributed by atoms with Crippen molar-refractivity contribution in [1.29, 1.82) is 5.26 Å².